The third-order valence-corrected chi connectivity index (χ3v) is 5.18. The fraction of sp³-hybridized carbons (Fsp3) is 0.333. The van der Waals surface area contributed by atoms with Gasteiger partial charge in [-0.3, -0.25) is 9.59 Å². The lowest BCUT2D eigenvalue weighted by molar-refractivity contribution is -0.115. The number of carbonyl (C=O) groups is 2. The number of hydrogen-bond acceptors (Lipinski definition) is 3. The molecule has 0 bridgehead atoms. The predicted octanol–water partition coefficient (Wildman–Crippen LogP) is 3.10. The van der Waals surface area contributed by atoms with Crippen molar-refractivity contribution in [1.29, 1.82) is 0 Å². The number of carbonyl (C=O) groups excluding carboxylic acids is 2. The van der Waals surface area contributed by atoms with Crippen molar-refractivity contribution in [3.05, 3.63) is 53.6 Å². The van der Waals surface area contributed by atoms with E-state index in [1.165, 1.54) is 0 Å². The van der Waals surface area contributed by atoms with Gasteiger partial charge in [0.2, 0.25) is 5.91 Å². The lowest BCUT2D eigenvalue weighted by Crippen LogP contribution is -2.42. The first-order chi connectivity index (χ1) is 12.6. The number of hydrogen-bond donors (Lipinski definition) is 1. The summed E-state index contributed by atoms with van der Waals surface area (Å²) in [6.45, 7) is 1.41. The van der Waals surface area contributed by atoms with Crippen molar-refractivity contribution in [2.75, 3.05) is 25.5 Å². The average molecular weight is 350 g/mol. The molecule has 2 aliphatic heterocycles. The van der Waals surface area contributed by atoms with Crippen LogP contribution in [0, 0.1) is 0 Å². The Hall–Kier alpha value is -2.66. The molecular weight excluding hydrogens is 328 g/mol. The molecule has 0 radical (unpaired) electrons. The van der Waals surface area contributed by atoms with E-state index in [-0.39, 0.29) is 17.9 Å². The first kappa shape index (κ1) is 16.8. The molecule has 1 fully saturated rings. The molecule has 2 amide bonds. The fourth-order valence-corrected chi connectivity index (χ4v) is 3.72. The minimum atomic E-state index is 0.0267. The van der Waals surface area contributed by atoms with Gasteiger partial charge in [0.15, 0.2) is 0 Å². The Morgan fingerprint density at radius 3 is 2.88 bits per heavy atom. The van der Waals surface area contributed by atoms with Gasteiger partial charge in [0, 0.05) is 31.5 Å². The number of piperidine rings is 1. The lowest BCUT2D eigenvalue weighted by atomic mass is 9.99. The van der Waals surface area contributed by atoms with Crippen molar-refractivity contribution in [2.45, 2.75) is 25.4 Å². The number of fused-ring (bicyclic) bond motifs is 1. The standard InChI is InChI=1S/C21H22N2O3/c1-26-18-6-3-9-23(13-18)21(25)17-5-2-4-14(10-17)15-7-8-16-12-20(24)22-19(16)11-15/h2,4-5,7-8,10-11,18H,3,6,9,12-13H2,1H3,(H,22,24)/t18-/m0/s1. The maximum Gasteiger partial charge on any atom is 0.253 e. The number of rotatable bonds is 3. The van der Waals surface area contributed by atoms with E-state index in [2.05, 4.69) is 5.32 Å². The van der Waals surface area contributed by atoms with E-state index >= 15 is 0 Å². The summed E-state index contributed by atoms with van der Waals surface area (Å²) in [5.74, 6) is 0.0712. The molecule has 26 heavy (non-hydrogen) atoms. The van der Waals surface area contributed by atoms with Crippen molar-refractivity contribution < 1.29 is 14.3 Å². The minimum absolute atomic E-state index is 0.0267. The maximum atomic E-state index is 12.9. The fourth-order valence-electron chi connectivity index (χ4n) is 3.72. The third kappa shape index (κ3) is 3.22. The summed E-state index contributed by atoms with van der Waals surface area (Å²) in [4.78, 5) is 26.3. The highest BCUT2D eigenvalue weighted by Gasteiger charge is 2.24. The first-order valence-corrected chi connectivity index (χ1v) is 8.99. The number of likely N-dealkylation sites (tertiary alicyclic amines) is 1. The quantitative estimate of drug-likeness (QED) is 0.925. The van der Waals surface area contributed by atoms with E-state index in [9.17, 15) is 9.59 Å². The molecule has 2 heterocycles. The van der Waals surface area contributed by atoms with E-state index in [1.54, 1.807) is 7.11 Å². The summed E-state index contributed by atoms with van der Waals surface area (Å²) in [6, 6.07) is 13.6. The summed E-state index contributed by atoms with van der Waals surface area (Å²) in [6.07, 6.45) is 2.52. The topological polar surface area (TPSA) is 58.6 Å². The molecule has 1 N–H and O–H groups in total. The lowest BCUT2D eigenvalue weighted by Gasteiger charge is -2.32. The number of methoxy groups -OCH3 is 1. The average Bonchev–Trinajstić information content (AvgIpc) is 3.06. The van der Waals surface area contributed by atoms with Gasteiger partial charge in [0.1, 0.15) is 0 Å². The van der Waals surface area contributed by atoms with Crippen LogP contribution < -0.4 is 5.32 Å². The van der Waals surface area contributed by atoms with Crippen molar-refractivity contribution >= 4 is 17.5 Å². The molecule has 0 spiro atoms. The summed E-state index contributed by atoms with van der Waals surface area (Å²) < 4.78 is 5.42. The van der Waals surface area contributed by atoms with Crippen LogP contribution in [-0.4, -0.2) is 43.0 Å². The Bertz CT molecular complexity index is 862. The van der Waals surface area contributed by atoms with Gasteiger partial charge >= 0.3 is 0 Å². The molecule has 0 aliphatic carbocycles. The van der Waals surface area contributed by atoms with Crippen LogP contribution in [0.5, 0.6) is 0 Å². The number of amides is 2. The molecule has 0 saturated carbocycles. The molecule has 2 aromatic rings. The summed E-state index contributed by atoms with van der Waals surface area (Å²) in [7, 11) is 1.70. The number of nitrogens with one attached hydrogen (secondary N) is 1. The molecule has 5 nitrogen and oxygen atoms in total. The number of benzene rings is 2. The van der Waals surface area contributed by atoms with Gasteiger partial charge in [-0.1, -0.05) is 24.3 Å². The van der Waals surface area contributed by atoms with Crippen molar-refractivity contribution in [3.8, 4) is 11.1 Å². The van der Waals surface area contributed by atoms with Gasteiger partial charge in [0.05, 0.1) is 12.5 Å². The second-order valence-electron chi connectivity index (χ2n) is 6.93. The van der Waals surface area contributed by atoms with E-state index in [0.29, 0.717) is 18.5 Å². The normalized spacial score (nSPS) is 19.2. The Balaban J connectivity index is 1.58. The van der Waals surface area contributed by atoms with E-state index < -0.39 is 0 Å². The van der Waals surface area contributed by atoms with Crippen molar-refractivity contribution in [2.24, 2.45) is 0 Å². The van der Waals surface area contributed by atoms with Crippen LogP contribution >= 0.6 is 0 Å². The van der Waals surface area contributed by atoms with Crippen LogP contribution in [0.15, 0.2) is 42.5 Å². The zero-order chi connectivity index (χ0) is 18.1. The zero-order valence-electron chi connectivity index (χ0n) is 14.8. The largest absolute Gasteiger partial charge is 0.380 e. The highest BCUT2D eigenvalue weighted by Crippen LogP contribution is 2.30. The maximum absolute atomic E-state index is 12.9. The highest BCUT2D eigenvalue weighted by atomic mass is 16.5. The molecule has 0 aromatic heterocycles. The molecule has 4 rings (SSSR count). The predicted molar refractivity (Wildman–Crippen MR) is 100 cm³/mol. The second-order valence-corrected chi connectivity index (χ2v) is 6.93. The van der Waals surface area contributed by atoms with Gasteiger partial charge in [-0.15, -0.1) is 0 Å². The van der Waals surface area contributed by atoms with Crippen molar-refractivity contribution in [1.82, 2.24) is 4.90 Å². The Morgan fingerprint density at radius 1 is 1.19 bits per heavy atom. The van der Waals surface area contributed by atoms with Gasteiger partial charge in [-0.05, 0) is 47.7 Å². The molecule has 2 aliphatic rings. The monoisotopic (exact) mass is 350 g/mol. The van der Waals surface area contributed by atoms with Crippen LogP contribution in [-0.2, 0) is 16.0 Å². The number of ether oxygens (including phenoxy) is 1. The van der Waals surface area contributed by atoms with E-state index in [0.717, 1.165) is 41.8 Å². The molecule has 1 atom stereocenters. The summed E-state index contributed by atoms with van der Waals surface area (Å²) in [5.41, 5.74) is 4.53. The molecule has 1 saturated heterocycles. The second kappa shape index (κ2) is 6.92. The van der Waals surface area contributed by atoms with Crippen LogP contribution in [0.4, 0.5) is 5.69 Å². The highest BCUT2D eigenvalue weighted by molar-refractivity contribution is 6.00. The first-order valence-electron chi connectivity index (χ1n) is 8.99. The van der Waals surface area contributed by atoms with Gasteiger partial charge in [0.25, 0.3) is 5.91 Å². The molecule has 5 heteroatoms. The SMILES string of the molecule is CO[C@H]1CCCN(C(=O)c2cccc(-c3ccc4c(c3)NC(=O)C4)c2)C1. The van der Waals surface area contributed by atoms with Gasteiger partial charge < -0.3 is 15.0 Å². The molecular formula is C21H22N2O3. The van der Waals surface area contributed by atoms with E-state index in [1.807, 2.05) is 47.4 Å². The zero-order valence-corrected chi connectivity index (χ0v) is 14.8. The Labute approximate surface area is 153 Å². The number of anilines is 1. The Kier molecular flexibility index (Phi) is 4.47. The van der Waals surface area contributed by atoms with Crippen molar-refractivity contribution in [3.63, 3.8) is 0 Å². The minimum Gasteiger partial charge on any atom is -0.380 e. The number of nitrogens with zero attached hydrogens (tertiary/aromatic N) is 1. The van der Waals surface area contributed by atoms with Crippen LogP contribution in [0.25, 0.3) is 11.1 Å². The van der Waals surface area contributed by atoms with Gasteiger partial charge in [-0.25, -0.2) is 0 Å². The summed E-state index contributed by atoms with van der Waals surface area (Å²) in [5, 5.41) is 2.88. The molecule has 2 aromatic carbocycles. The van der Waals surface area contributed by atoms with Gasteiger partial charge in [-0.2, -0.15) is 0 Å². The van der Waals surface area contributed by atoms with Crippen LogP contribution in [0.1, 0.15) is 28.8 Å². The smallest absolute Gasteiger partial charge is 0.253 e. The molecule has 134 valence electrons. The Morgan fingerprint density at radius 2 is 2.04 bits per heavy atom. The van der Waals surface area contributed by atoms with Crippen LogP contribution in [0.3, 0.4) is 0 Å². The van der Waals surface area contributed by atoms with Crippen LogP contribution in [0.2, 0.25) is 0 Å². The third-order valence-electron chi connectivity index (χ3n) is 5.18. The summed E-state index contributed by atoms with van der Waals surface area (Å²) >= 11 is 0. The van der Waals surface area contributed by atoms with E-state index in [4.69, 9.17) is 4.74 Å². The molecule has 0 unspecified atom stereocenters.